The molecule has 0 bridgehead atoms. The Bertz CT molecular complexity index is 275. The van der Waals surface area contributed by atoms with Crippen molar-refractivity contribution < 1.29 is 0 Å². The van der Waals surface area contributed by atoms with E-state index < -0.39 is 0 Å². The van der Waals surface area contributed by atoms with Crippen LogP contribution in [0.25, 0.3) is 0 Å². The van der Waals surface area contributed by atoms with Crippen LogP contribution < -0.4 is 0 Å². The Morgan fingerprint density at radius 3 is 2.43 bits per heavy atom. The molecule has 0 heteroatoms. The Balaban J connectivity index is 2.12. The van der Waals surface area contributed by atoms with Gasteiger partial charge in [0.05, 0.1) is 0 Å². The summed E-state index contributed by atoms with van der Waals surface area (Å²) >= 11 is 0. The summed E-state index contributed by atoms with van der Waals surface area (Å²) in [5.41, 5.74) is 1.52. The van der Waals surface area contributed by atoms with Gasteiger partial charge in [0.1, 0.15) is 0 Å². The third-order valence-corrected chi connectivity index (χ3v) is 3.90. The Kier molecular flexibility index (Phi) is 2.90. The fourth-order valence-corrected chi connectivity index (χ4v) is 2.92. The van der Waals surface area contributed by atoms with Crippen LogP contribution in [0.1, 0.15) is 44.6 Å². The first kappa shape index (κ1) is 9.76. The van der Waals surface area contributed by atoms with E-state index in [1.165, 1.54) is 24.8 Å². The zero-order valence-electron chi connectivity index (χ0n) is 9.24. The molecule has 1 saturated carbocycles. The molecule has 2 rings (SSSR count). The first-order valence-electron chi connectivity index (χ1n) is 5.84. The molecule has 0 heterocycles. The van der Waals surface area contributed by atoms with Crippen LogP contribution in [0.2, 0.25) is 0 Å². The van der Waals surface area contributed by atoms with Gasteiger partial charge in [0.25, 0.3) is 0 Å². The smallest absolute Gasteiger partial charge is 0.0159 e. The van der Waals surface area contributed by atoms with Gasteiger partial charge in [-0.25, -0.2) is 0 Å². The van der Waals surface area contributed by atoms with E-state index in [0.717, 1.165) is 17.8 Å². The summed E-state index contributed by atoms with van der Waals surface area (Å²) in [7, 11) is 0. The van der Waals surface area contributed by atoms with Gasteiger partial charge in [0.2, 0.25) is 0 Å². The highest BCUT2D eigenvalue weighted by Crippen LogP contribution is 2.40. The molecular weight excluding hydrogens is 168 g/mol. The molecule has 1 aromatic carbocycles. The van der Waals surface area contributed by atoms with Crippen LogP contribution in [0.4, 0.5) is 0 Å². The van der Waals surface area contributed by atoms with Crippen LogP contribution in [0.15, 0.2) is 30.3 Å². The minimum atomic E-state index is 0.744. The maximum absolute atomic E-state index is 2.41. The average molecular weight is 188 g/mol. The summed E-state index contributed by atoms with van der Waals surface area (Å²) in [6, 6.07) is 11.0. The van der Waals surface area contributed by atoms with Gasteiger partial charge in [-0.05, 0) is 29.7 Å². The van der Waals surface area contributed by atoms with Crippen LogP contribution in [0.5, 0.6) is 0 Å². The third-order valence-electron chi connectivity index (χ3n) is 3.90. The van der Waals surface area contributed by atoms with Gasteiger partial charge in [0.15, 0.2) is 0 Å². The highest BCUT2D eigenvalue weighted by atomic mass is 14.3. The van der Waals surface area contributed by atoms with Crippen LogP contribution >= 0.6 is 0 Å². The van der Waals surface area contributed by atoms with E-state index in [4.69, 9.17) is 0 Å². The first-order valence-corrected chi connectivity index (χ1v) is 5.84. The van der Waals surface area contributed by atoms with Gasteiger partial charge in [-0.1, -0.05) is 57.0 Å². The van der Waals surface area contributed by atoms with Crippen LogP contribution in [-0.4, -0.2) is 0 Å². The van der Waals surface area contributed by atoms with Gasteiger partial charge in [-0.15, -0.1) is 0 Å². The van der Waals surface area contributed by atoms with Crippen LogP contribution in [0, 0.1) is 11.8 Å². The van der Waals surface area contributed by atoms with Crippen molar-refractivity contribution in [2.75, 3.05) is 0 Å². The summed E-state index contributed by atoms with van der Waals surface area (Å²) in [5.74, 6) is 2.58. The van der Waals surface area contributed by atoms with Gasteiger partial charge in [-0.2, -0.15) is 0 Å². The Hall–Kier alpha value is -0.780. The topological polar surface area (TPSA) is 0 Å². The van der Waals surface area contributed by atoms with E-state index in [0.29, 0.717) is 0 Å². The Morgan fingerprint density at radius 1 is 1.14 bits per heavy atom. The Morgan fingerprint density at radius 2 is 1.86 bits per heavy atom. The van der Waals surface area contributed by atoms with Crippen molar-refractivity contribution in [1.29, 1.82) is 0 Å². The quantitative estimate of drug-likeness (QED) is 0.651. The maximum Gasteiger partial charge on any atom is -0.0159 e. The standard InChI is InChI=1S/C14H20/c1-11-7-6-10-14(11)12(2)13-8-4-3-5-9-13/h3-5,8-9,11-12,14H,6-7,10H2,1-2H3/t11?,12-,14?/m0/s1. The molecule has 1 aliphatic rings. The molecule has 0 aromatic heterocycles. The molecule has 76 valence electrons. The second-order valence-corrected chi connectivity index (χ2v) is 4.77. The summed E-state index contributed by atoms with van der Waals surface area (Å²) in [4.78, 5) is 0. The highest BCUT2D eigenvalue weighted by molar-refractivity contribution is 5.20. The van der Waals surface area contributed by atoms with Crippen molar-refractivity contribution >= 4 is 0 Å². The van der Waals surface area contributed by atoms with Crippen molar-refractivity contribution in [3.8, 4) is 0 Å². The lowest BCUT2D eigenvalue weighted by Gasteiger charge is -2.23. The van der Waals surface area contributed by atoms with Crippen molar-refractivity contribution in [3.05, 3.63) is 35.9 Å². The van der Waals surface area contributed by atoms with Gasteiger partial charge >= 0.3 is 0 Å². The number of hydrogen-bond acceptors (Lipinski definition) is 0. The second-order valence-electron chi connectivity index (χ2n) is 4.77. The first-order chi connectivity index (χ1) is 6.79. The molecular formula is C14H20. The van der Waals surface area contributed by atoms with E-state index >= 15 is 0 Å². The van der Waals surface area contributed by atoms with Crippen molar-refractivity contribution in [3.63, 3.8) is 0 Å². The molecule has 0 radical (unpaired) electrons. The van der Waals surface area contributed by atoms with Crippen molar-refractivity contribution in [2.24, 2.45) is 11.8 Å². The summed E-state index contributed by atoms with van der Waals surface area (Å²) in [6.45, 7) is 4.80. The molecule has 2 unspecified atom stereocenters. The lowest BCUT2D eigenvalue weighted by atomic mass is 9.82. The van der Waals surface area contributed by atoms with Gasteiger partial charge in [-0.3, -0.25) is 0 Å². The fourth-order valence-electron chi connectivity index (χ4n) is 2.92. The number of rotatable bonds is 2. The van der Waals surface area contributed by atoms with Gasteiger partial charge in [0, 0.05) is 0 Å². The molecule has 0 N–H and O–H groups in total. The minimum absolute atomic E-state index is 0.744. The van der Waals surface area contributed by atoms with Crippen LogP contribution in [-0.2, 0) is 0 Å². The number of hydrogen-bond donors (Lipinski definition) is 0. The SMILES string of the molecule is CC1CCCC1[C@@H](C)c1ccccc1. The zero-order chi connectivity index (χ0) is 9.97. The Labute approximate surface area is 87.3 Å². The number of benzene rings is 1. The molecule has 1 aliphatic carbocycles. The van der Waals surface area contributed by atoms with E-state index in [-0.39, 0.29) is 0 Å². The monoisotopic (exact) mass is 188 g/mol. The molecule has 0 amide bonds. The lowest BCUT2D eigenvalue weighted by Crippen LogP contribution is -2.12. The molecule has 0 spiro atoms. The lowest BCUT2D eigenvalue weighted by molar-refractivity contribution is 0.361. The minimum Gasteiger partial charge on any atom is -0.0622 e. The average Bonchev–Trinajstić information content (AvgIpc) is 2.65. The van der Waals surface area contributed by atoms with Crippen LogP contribution in [0.3, 0.4) is 0 Å². The summed E-state index contributed by atoms with van der Waals surface area (Å²) < 4.78 is 0. The maximum atomic E-state index is 2.41. The molecule has 0 saturated heterocycles. The normalized spacial score (nSPS) is 29.0. The fraction of sp³-hybridized carbons (Fsp3) is 0.571. The highest BCUT2D eigenvalue weighted by Gasteiger charge is 2.28. The van der Waals surface area contributed by atoms with E-state index in [1.54, 1.807) is 0 Å². The zero-order valence-corrected chi connectivity index (χ0v) is 9.24. The predicted octanol–water partition coefficient (Wildman–Crippen LogP) is 4.23. The molecule has 1 fully saturated rings. The molecule has 0 aliphatic heterocycles. The summed E-state index contributed by atoms with van der Waals surface area (Å²) in [6.07, 6.45) is 4.29. The summed E-state index contributed by atoms with van der Waals surface area (Å²) in [5, 5.41) is 0. The second kappa shape index (κ2) is 4.16. The van der Waals surface area contributed by atoms with Gasteiger partial charge < -0.3 is 0 Å². The third kappa shape index (κ3) is 1.84. The largest absolute Gasteiger partial charge is 0.0622 e. The molecule has 0 nitrogen and oxygen atoms in total. The van der Waals surface area contributed by atoms with Crippen molar-refractivity contribution in [2.45, 2.75) is 39.0 Å². The predicted molar refractivity (Wildman–Crippen MR) is 61.4 cm³/mol. The van der Waals surface area contributed by atoms with E-state index in [2.05, 4.69) is 44.2 Å². The van der Waals surface area contributed by atoms with E-state index in [9.17, 15) is 0 Å². The molecule has 3 atom stereocenters. The molecule has 14 heavy (non-hydrogen) atoms. The van der Waals surface area contributed by atoms with Crippen molar-refractivity contribution in [1.82, 2.24) is 0 Å². The molecule has 1 aromatic rings. The van der Waals surface area contributed by atoms with E-state index in [1.807, 2.05) is 0 Å².